The maximum Gasteiger partial charge on any atom is 0.281 e. The van der Waals surface area contributed by atoms with Crippen molar-refractivity contribution < 1.29 is 17.9 Å². The molecule has 3 aliphatic carbocycles. The van der Waals surface area contributed by atoms with E-state index in [0.717, 1.165) is 31.6 Å². The molecule has 4 bridgehead atoms. The number of sulfonamides is 1. The van der Waals surface area contributed by atoms with Crippen LogP contribution in [0.15, 0.2) is 47.6 Å². The fourth-order valence-corrected chi connectivity index (χ4v) is 10.0. The van der Waals surface area contributed by atoms with Gasteiger partial charge in [-0.15, -0.1) is 5.10 Å². The number of anilines is 2. The molecule has 3 aromatic rings. The third-order valence-electron chi connectivity index (χ3n) is 11.8. The zero-order valence-electron chi connectivity index (χ0n) is 27.7. The first-order chi connectivity index (χ1) is 22.4. The summed E-state index contributed by atoms with van der Waals surface area (Å²) in [4.78, 5) is 25.3. The Morgan fingerprint density at radius 3 is 2.51 bits per heavy atom. The van der Waals surface area contributed by atoms with Crippen LogP contribution in [0.3, 0.4) is 0 Å². The number of carbonyl (C=O) groups excluding carboxylic acids is 1. The smallest absolute Gasteiger partial charge is 0.281 e. The van der Waals surface area contributed by atoms with Crippen molar-refractivity contribution in [1.29, 1.82) is 0 Å². The minimum Gasteiger partial charge on any atom is -0.477 e. The summed E-state index contributed by atoms with van der Waals surface area (Å²) < 4.78 is 36.9. The summed E-state index contributed by atoms with van der Waals surface area (Å²) in [7, 11) is -4.26. The van der Waals surface area contributed by atoms with Gasteiger partial charge in [0.25, 0.3) is 15.9 Å². The molecule has 2 aliphatic heterocycles. The standard InChI is InChI=1S/C35H45N7O4S/c1-22(2)25-10-8-23-20-33(3,4)41(21-23)31-24(32(43)40-47(44,45)30-7-5-6-27(36-25)37-30)9-11-28(38-31)42-18-12-29(39-42)46-19-13-26-34(14-15-34)35(26)16-17-35/h5-7,9,11-12,18,22-23,25-26H,8,10,13-17,19-21H2,1-4H3,(H,36,37)(H,40,43)/t23-,25?/m0/s1. The van der Waals surface area contributed by atoms with Crippen LogP contribution in [-0.2, 0) is 10.0 Å². The molecule has 1 saturated heterocycles. The average molecular weight is 660 g/mol. The lowest BCUT2D eigenvalue weighted by Gasteiger charge is -2.34. The van der Waals surface area contributed by atoms with Crippen LogP contribution in [0.25, 0.3) is 5.82 Å². The Hall–Kier alpha value is -3.67. The molecule has 47 heavy (non-hydrogen) atoms. The number of hydrogen-bond acceptors (Lipinski definition) is 9. The van der Waals surface area contributed by atoms with Crippen molar-refractivity contribution in [2.24, 2.45) is 28.6 Å². The fraction of sp³-hybridized carbons (Fsp3) is 0.600. The van der Waals surface area contributed by atoms with Gasteiger partial charge < -0.3 is 15.0 Å². The third kappa shape index (κ3) is 5.27. The molecule has 12 heteroatoms. The molecule has 2 atom stereocenters. The quantitative estimate of drug-likeness (QED) is 0.348. The molecule has 2 spiro atoms. The number of pyridine rings is 2. The molecule has 0 aromatic carbocycles. The lowest BCUT2D eigenvalue weighted by Crippen LogP contribution is -2.41. The first kappa shape index (κ1) is 30.7. The second-order valence-corrected chi connectivity index (χ2v) is 17.1. The molecule has 2 N–H and O–H groups in total. The van der Waals surface area contributed by atoms with Crippen molar-refractivity contribution in [2.45, 2.75) is 95.7 Å². The van der Waals surface area contributed by atoms with Gasteiger partial charge in [0.1, 0.15) is 11.6 Å². The number of nitrogens with one attached hydrogen (secondary N) is 2. The molecule has 250 valence electrons. The molecule has 8 rings (SSSR count). The van der Waals surface area contributed by atoms with Gasteiger partial charge in [-0.3, -0.25) is 4.79 Å². The van der Waals surface area contributed by atoms with E-state index < -0.39 is 15.9 Å². The van der Waals surface area contributed by atoms with Crippen molar-refractivity contribution in [3.05, 3.63) is 48.2 Å². The molecular weight excluding hydrogens is 614 g/mol. The average Bonchev–Trinajstić information content (AvgIpc) is 3.98. The Kier molecular flexibility index (Phi) is 6.96. The van der Waals surface area contributed by atoms with Crippen molar-refractivity contribution >= 4 is 27.6 Å². The van der Waals surface area contributed by atoms with Crippen molar-refractivity contribution in [2.75, 3.05) is 23.4 Å². The Balaban J connectivity index is 1.09. The van der Waals surface area contributed by atoms with E-state index >= 15 is 0 Å². The van der Waals surface area contributed by atoms with Crippen LogP contribution in [0.2, 0.25) is 0 Å². The Morgan fingerprint density at radius 2 is 1.79 bits per heavy atom. The molecule has 5 aliphatic rings. The van der Waals surface area contributed by atoms with E-state index in [9.17, 15) is 13.2 Å². The second kappa shape index (κ2) is 10.7. The van der Waals surface area contributed by atoms with Gasteiger partial charge in [-0.25, -0.2) is 19.4 Å². The third-order valence-corrected chi connectivity index (χ3v) is 13.1. The fourth-order valence-electron chi connectivity index (χ4n) is 9.10. The van der Waals surface area contributed by atoms with Crippen molar-refractivity contribution in [3.8, 4) is 11.7 Å². The number of amides is 1. The lowest BCUT2D eigenvalue weighted by atomic mass is 9.89. The van der Waals surface area contributed by atoms with Gasteiger partial charge in [0, 0.05) is 30.4 Å². The second-order valence-electron chi connectivity index (χ2n) is 15.5. The molecule has 5 heterocycles. The SMILES string of the molecule is CC(C)C1CC[C@@H]2CN(c3nc(-n4ccc(OCCC5C6(CC6)C56CC6)n4)ccc3C(=O)NS(=O)(=O)c3cccc(n3)N1)C(C)(C)C2. The monoisotopic (exact) mass is 659 g/mol. The number of hydrogen-bond donors (Lipinski definition) is 2. The molecule has 1 unspecified atom stereocenters. The van der Waals surface area contributed by atoms with E-state index in [1.165, 1.54) is 31.7 Å². The van der Waals surface area contributed by atoms with Crippen LogP contribution in [0.5, 0.6) is 5.88 Å². The summed E-state index contributed by atoms with van der Waals surface area (Å²) in [6, 6.07) is 10.1. The van der Waals surface area contributed by atoms with Crippen LogP contribution >= 0.6 is 0 Å². The van der Waals surface area contributed by atoms with E-state index in [1.807, 2.05) is 12.3 Å². The van der Waals surface area contributed by atoms with E-state index in [4.69, 9.17) is 9.72 Å². The van der Waals surface area contributed by atoms with E-state index in [2.05, 4.69) is 52.7 Å². The predicted molar refractivity (Wildman–Crippen MR) is 178 cm³/mol. The first-order valence-corrected chi connectivity index (χ1v) is 18.7. The van der Waals surface area contributed by atoms with Gasteiger partial charge >= 0.3 is 0 Å². The number of ether oxygens (including phenoxy) is 1. The van der Waals surface area contributed by atoms with Crippen LogP contribution < -0.4 is 19.7 Å². The molecule has 0 radical (unpaired) electrons. The predicted octanol–water partition coefficient (Wildman–Crippen LogP) is 5.58. The Labute approximate surface area is 276 Å². The number of fused-ring (bicyclic) bond motifs is 7. The van der Waals surface area contributed by atoms with E-state index in [0.29, 0.717) is 59.2 Å². The minimum absolute atomic E-state index is 0.111. The van der Waals surface area contributed by atoms with Crippen molar-refractivity contribution in [3.63, 3.8) is 0 Å². The minimum atomic E-state index is -4.26. The highest BCUT2D eigenvalue weighted by atomic mass is 32.2. The molecule has 1 amide bonds. The number of carbonyl (C=O) groups is 1. The van der Waals surface area contributed by atoms with Gasteiger partial charge in [0.05, 0.1) is 12.2 Å². The highest BCUT2D eigenvalue weighted by molar-refractivity contribution is 7.90. The van der Waals surface area contributed by atoms with Gasteiger partial charge in [-0.2, -0.15) is 8.42 Å². The summed E-state index contributed by atoms with van der Waals surface area (Å²) in [6.45, 7) is 9.99. The van der Waals surface area contributed by atoms with Gasteiger partial charge in [-0.05, 0) is 118 Å². The Bertz CT molecular complexity index is 1810. The molecule has 11 nitrogen and oxygen atoms in total. The maximum absolute atomic E-state index is 13.8. The lowest BCUT2D eigenvalue weighted by molar-refractivity contribution is 0.0981. The van der Waals surface area contributed by atoms with Crippen LogP contribution in [0.4, 0.5) is 11.6 Å². The molecule has 3 saturated carbocycles. The summed E-state index contributed by atoms with van der Waals surface area (Å²) in [6.07, 6.45) is 11.3. The normalized spacial score (nSPS) is 26.2. The zero-order chi connectivity index (χ0) is 32.8. The first-order valence-electron chi connectivity index (χ1n) is 17.2. The highest BCUT2D eigenvalue weighted by Gasteiger charge is 2.85. The van der Waals surface area contributed by atoms with Gasteiger partial charge in [0.15, 0.2) is 10.8 Å². The van der Waals surface area contributed by atoms with Crippen LogP contribution in [0, 0.1) is 28.6 Å². The highest BCUT2D eigenvalue weighted by Crippen LogP contribution is 2.93. The summed E-state index contributed by atoms with van der Waals surface area (Å²) >= 11 is 0. The number of nitrogens with zero attached hydrogens (tertiary/aromatic N) is 5. The molecule has 3 aromatic heterocycles. The molecular formula is C35H45N7O4S. The van der Waals surface area contributed by atoms with Crippen LogP contribution in [-0.4, -0.2) is 58.8 Å². The number of aromatic nitrogens is 4. The van der Waals surface area contributed by atoms with Gasteiger partial charge in [-0.1, -0.05) is 19.9 Å². The Morgan fingerprint density at radius 1 is 1.02 bits per heavy atom. The van der Waals surface area contributed by atoms with Crippen molar-refractivity contribution in [1.82, 2.24) is 24.5 Å². The zero-order valence-corrected chi connectivity index (χ0v) is 28.5. The maximum atomic E-state index is 13.8. The van der Waals surface area contributed by atoms with E-state index in [-0.39, 0.29) is 22.2 Å². The van der Waals surface area contributed by atoms with Crippen LogP contribution in [0.1, 0.15) is 89.4 Å². The van der Waals surface area contributed by atoms with E-state index in [1.54, 1.807) is 28.9 Å². The topological polar surface area (TPSA) is 131 Å². The molecule has 4 fully saturated rings. The summed E-state index contributed by atoms with van der Waals surface area (Å²) in [5, 5.41) is 7.91. The number of rotatable bonds is 6. The summed E-state index contributed by atoms with van der Waals surface area (Å²) in [5.74, 6) is 2.74. The van der Waals surface area contributed by atoms with Gasteiger partial charge in [0.2, 0.25) is 5.88 Å². The largest absolute Gasteiger partial charge is 0.477 e. The summed E-state index contributed by atoms with van der Waals surface area (Å²) in [5.41, 5.74) is 1.20.